The zero-order chi connectivity index (χ0) is 15.5. The van der Waals surface area contributed by atoms with Crippen LogP contribution in [0.3, 0.4) is 0 Å². The smallest absolute Gasteiger partial charge is 0.273 e. The lowest BCUT2D eigenvalue weighted by Gasteiger charge is -2.25. The molecule has 0 spiro atoms. The van der Waals surface area contributed by atoms with Crippen LogP contribution in [0.4, 0.5) is 5.13 Å². The van der Waals surface area contributed by atoms with E-state index in [1.807, 2.05) is 0 Å². The quantitative estimate of drug-likeness (QED) is 0.919. The number of aryl methyl sites for hydroxylation is 2. The molecule has 2 aromatic rings. The van der Waals surface area contributed by atoms with Crippen molar-refractivity contribution in [3.63, 3.8) is 0 Å². The van der Waals surface area contributed by atoms with Gasteiger partial charge >= 0.3 is 0 Å². The summed E-state index contributed by atoms with van der Waals surface area (Å²) in [5, 5.41) is 3.82. The summed E-state index contributed by atoms with van der Waals surface area (Å²) in [4.78, 5) is 23.8. The number of morpholine rings is 1. The number of ether oxygens (including phenoxy) is 1. The van der Waals surface area contributed by atoms with Gasteiger partial charge in [0.2, 0.25) is 0 Å². The number of rotatable bonds is 4. The Morgan fingerprint density at radius 3 is 2.86 bits per heavy atom. The summed E-state index contributed by atoms with van der Waals surface area (Å²) in [5.41, 5.74) is 0.343. The standard InChI is InChI=1S/C14H18N4O3S/c1-9-12(17-10(2)21-9)13(19)15-7-11-8-16-14(22-11)18-3-5-20-6-4-18/h8H,3-7H2,1-2H3,(H,15,19). The van der Waals surface area contributed by atoms with Gasteiger partial charge in [-0.3, -0.25) is 4.79 Å². The summed E-state index contributed by atoms with van der Waals surface area (Å²) in [6.45, 7) is 7.08. The number of anilines is 1. The van der Waals surface area contributed by atoms with E-state index in [1.54, 1.807) is 31.4 Å². The predicted molar refractivity (Wildman–Crippen MR) is 82.3 cm³/mol. The lowest BCUT2D eigenvalue weighted by Crippen LogP contribution is -2.36. The summed E-state index contributed by atoms with van der Waals surface area (Å²) in [5.74, 6) is 0.805. The average molecular weight is 322 g/mol. The molecule has 8 heteroatoms. The van der Waals surface area contributed by atoms with E-state index < -0.39 is 0 Å². The molecule has 0 aromatic carbocycles. The molecule has 7 nitrogen and oxygen atoms in total. The highest BCUT2D eigenvalue weighted by Crippen LogP contribution is 2.23. The van der Waals surface area contributed by atoms with Gasteiger partial charge in [0.1, 0.15) is 5.76 Å². The summed E-state index contributed by atoms with van der Waals surface area (Å²) in [6.07, 6.45) is 1.80. The number of thiazole rings is 1. The predicted octanol–water partition coefficient (Wildman–Crippen LogP) is 1.51. The Morgan fingerprint density at radius 1 is 1.41 bits per heavy atom. The number of oxazole rings is 1. The number of nitrogens with zero attached hydrogens (tertiary/aromatic N) is 3. The van der Waals surface area contributed by atoms with Crippen LogP contribution in [0.15, 0.2) is 10.6 Å². The minimum atomic E-state index is -0.226. The molecule has 0 atom stereocenters. The maximum absolute atomic E-state index is 12.1. The fourth-order valence-electron chi connectivity index (χ4n) is 2.27. The molecule has 0 bridgehead atoms. The zero-order valence-corrected chi connectivity index (χ0v) is 13.4. The summed E-state index contributed by atoms with van der Waals surface area (Å²) in [6, 6.07) is 0. The first-order valence-electron chi connectivity index (χ1n) is 7.13. The van der Waals surface area contributed by atoms with Crippen LogP contribution in [0.5, 0.6) is 0 Å². The van der Waals surface area contributed by atoms with Crippen molar-refractivity contribution < 1.29 is 13.9 Å². The molecule has 0 unspecified atom stereocenters. The van der Waals surface area contributed by atoms with E-state index in [-0.39, 0.29) is 5.91 Å². The van der Waals surface area contributed by atoms with Gasteiger partial charge in [-0.15, -0.1) is 11.3 Å². The van der Waals surface area contributed by atoms with Gasteiger partial charge < -0.3 is 19.4 Å². The Morgan fingerprint density at radius 2 is 2.18 bits per heavy atom. The Labute approximate surface area is 132 Å². The highest BCUT2D eigenvalue weighted by molar-refractivity contribution is 7.15. The van der Waals surface area contributed by atoms with E-state index in [0.29, 0.717) is 23.9 Å². The minimum absolute atomic E-state index is 0.226. The molecule has 1 saturated heterocycles. The van der Waals surface area contributed by atoms with Crippen LogP contribution in [0, 0.1) is 13.8 Å². The molecule has 1 amide bonds. The molecule has 1 aliphatic rings. The first kappa shape index (κ1) is 15.0. The molecule has 118 valence electrons. The monoisotopic (exact) mass is 322 g/mol. The minimum Gasteiger partial charge on any atom is -0.445 e. The van der Waals surface area contributed by atoms with Gasteiger partial charge in [-0.05, 0) is 6.92 Å². The van der Waals surface area contributed by atoms with Crippen LogP contribution < -0.4 is 10.2 Å². The van der Waals surface area contributed by atoms with Gasteiger partial charge in [0.15, 0.2) is 16.7 Å². The Kier molecular flexibility index (Phi) is 4.39. The topological polar surface area (TPSA) is 80.5 Å². The zero-order valence-electron chi connectivity index (χ0n) is 12.6. The molecular weight excluding hydrogens is 304 g/mol. The third-order valence-electron chi connectivity index (χ3n) is 3.36. The molecule has 1 N–H and O–H groups in total. The van der Waals surface area contributed by atoms with E-state index in [2.05, 4.69) is 20.2 Å². The summed E-state index contributed by atoms with van der Waals surface area (Å²) in [7, 11) is 0. The lowest BCUT2D eigenvalue weighted by molar-refractivity contribution is 0.0945. The van der Waals surface area contributed by atoms with Crippen molar-refractivity contribution in [1.29, 1.82) is 0 Å². The largest absolute Gasteiger partial charge is 0.445 e. The molecule has 1 aliphatic heterocycles. The molecule has 0 radical (unpaired) electrons. The van der Waals surface area contributed by atoms with Crippen LogP contribution in [0.25, 0.3) is 0 Å². The average Bonchev–Trinajstić information content (AvgIpc) is 3.12. The van der Waals surface area contributed by atoms with E-state index in [4.69, 9.17) is 9.15 Å². The van der Waals surface area contributed by atoms with Gasteiger partial charge in [-0.25, -0.2) is 9.97 Å². The number of hydrogen-bond acceptors (Lipinski definition) is 7. The first-order valence-corrected chi connectivity index (χ1v) is 7.95. The van der Waals surface area contributed by atoms with Crippen molar-refractivity contribution >= 4 is 22.4 Å². The molecule has 0 aliphatic carbocycles. The van der Waals surface area contributed by atoms with Crippen molar-refractivity contribution in [3.8, 4) is 0 Å². The van der Waals surface area contributed by atoms with Gasteiger partial charge in [-0.1, -0.05) is 0 Å². The van der Waals surface area contributed by atoms with Crippen LogP contribution in [0.2, 0.25) is 0 Å². The molecule has 3 rings (SSSR count). The highest BCUT2D eigenvalue weighted by Gasteiger charge is 2.17. The van der Waals surface area contributed by atoms with Gasteiger partial charge in [0.25, 0.3) is 5.91 Å². The maximum Gasteiger partial charge on any atom is 0.273 e. The Hall–Kier alpha value is -1.93. The van der Waals surface area contributed by atoms with Crippen molar-refractivity contribution in [2.75, 3.05) is 31.2 Å². The fourth-order valence-corrected chi connectivity index (χ4v) is 3.17. The van der Waals surface area contributed by atoms with Crippen LogP contribution >= 0.6 is 11.3 Å². The summed E-state index contributed by atoms with van der Waals surface area (Å²) < 4.78 is 10.6. The molecule has 0 saturated carbocycles. The van der Waals surface area contributed by atoms with Crippen molar-refractivity contribution in [1.82, 2.24) is 15.3 Å². The van der Waals surface area contributed by atoms with E-state index in [1.165, 1.54) is 0 Å². The molecular formula is C14H18N4O3S. The van der Waals surface area contributed by atoms with Crippen molar-refractivity contribution in [3.05, 3.63) is 28.4 Å². The second-order valence-corrected chi connectivity index (χ2v) is 6.12. The van der Waals surface area contributed by atoms with E-state index >= 15 is 0 Å². The number of amides is 1. The van der Waals surface area contributed by atoms with Crippen LogP contribution in [-0.2, 0) is 11.3 Å². The number of nitrogens with one attached hydrogen (secondary N) is 1. The highest BCUT2D eigenvalue weighted by atomic mass is 32.1. The third kappa shape index (κ3) is 3.28. The molecule has 3 heterocycles. The third-order valence-corrected chi connectivity index (χ3v) is 4.42. The second kappa shape index (κ2) is 6.45. The lowest BCUT2D eigenvalue weighted by atomic mass is 10.3. The normalized spacial score (nSPS) is 15.1. The number of hydrogen-bond donors (Lipinski definition) is 1. The second-order valence-electron chi connectivity index (χ2n) is 5.03. The molecule has 1 fully saturated rings. The molecule has 2 aromatic heterocycles. The Balaban J connectivity index is 1.58. The van der Waals surface area contributed by atoms with Crippen LogP contribution in [-0.4, -0.2) is 42.2 Å². The Bertz CT molecular complexity index is 661. The fraction of sp³-hybridized carbons (Fsp3) is 0.500. The number of carbonyl (C=O) groups excluding carboxylic acids is 1. The number of aromatic nitrogens is 2. The van der Waals surface area contributed by atoms with Crippen molar-refractivity contribution in [2.45, 2.75) is 20.4 Å². The van der Waals surface area contributed by atoms with Crippen LogP contribution in [0.1, 0.15) is 27.0 Å². The van der Waals surface area contributed by atoms with Gasteiger partial charge in [0, 0.05) is 31.1 Å². The van der Waals surface area contributed by atoms with Crippen molar-refractivity contribution in [2.24, 2.45) is 0 Å². The first-order chi connectivity index (χ1) is 10.6. The number of carbonyl (C=O) groups is 1. The van der Waals surface area contributed by atoms with Gasteiger partial charge in [0.05, 0.1) is 19.8 Å². The molecule has 22 heavy (non-hydrogen) atoms. The maximum atomic E-state index is 12.1. The summed E-state index contributed by atoms with van der Waals surface area (Å²) >= 11 is 1.59. The van der Waals surface area contributed by atoms with E-state index in [9.17, 15) is 4.79 Å². The van der Waals surface area contributed by atoms with Gasteiger partial charge in [-0.2, -0.15) is 0 Å². The SMILES string of the molecule is Cc1nc(C(=O)NCc2cnc(N3CCOCC3)s2)c(C)o1. The van der Waals surface area contributed by atoms with E-state index in [0.717, 1.165) is 36.3 Å².